The fourth-order valence-corrected chi connectivity index (χ4v) is 5.30. The molecule has 0 saturated heterocycles. The van der Waals surface area contributed by atoms with E-state index < -0.39 is 0 Å². The van der Waals surface area contributed by atoms with Crippen LogP contribution in [-0.2, 0) is 9.53 Å². The molecule has 0 aromatic rings. The molecule has 0 aromatic carbocycles. The zero-order valence-corrected chi connectivity index (χ0v) is 26.4. The Hall–Kier alpha value is -1.05. The standard InChI is InChI=1S/C36H68O2/c1-5-8-10-12-14-16-18-19-20-21-22-23-24-26-28-30-32-35(7-3)34(4)36(37)38-33-31-29-27-25-17-15-13-11-9-6-2/h7H,3,5-6,8-33H2,1-2,4H3. The van der Waals surface area contributed by atoms with Crippen molar-refractivity contribution >= 4 is 5.97 Å². The average molecular weight is 533 g/mol. The van der Waals surface area contributed by atoms with Gasteiger partial charge in [-0.15, -0.1) is 0 Å². The molecule has 2 nitrogen and oxygen atoms in total. The highest BCUT2D eigenvalue weighted by Gasteiger charge is 2.10. The van der Waals surface area contributed by atoms with Gasteiger partial charge in [0.05, 0.1) is 6.61 Å². The Balaban J connectivity index is 3.64. The van der Waals surface area contributed by atoms with E-state index in [0.29, 0.717) is 6.61 Å². The zero-order valence-electron chi connectivity index (χ0n) is 26.4. The van der Waals surface area contributed by atoms with E-state index in [1.54, 1.807) is 0 Å². The van der Waals surface area contributed by atoms with Crippen LogP contribution in [0.3, 0.4) is 0 Å². The van der Waals surface area contributed by atoms with Gasteiger partial charge in [0.1, 0.15) is 0 Å². The Morgan fingerprint density at radius 2 is 0.842 bits per heavy atom. The molecule has 0 aliphatic heterocycles. The molecule has 0 spiro atoms. The number of carbonyl (C=O) groups is 1. The van der Waals surface area contributed by atoms with E-state index in [4.69, 9.17) is 4.74 Å². The maximum Gasteiger partial charge on any atom is 0.333 e. The van der Waals surface area contributed by atoms with Crippen molar-refractivity contribution in [3.8, 4) is 0 Å². The first kappa shape index (κ1) is 37.0. The number of esters is 1. The number of allylic oxidation sites excluding steroid dienone is 2. The van der Waals surface area contributed by atoms with Crippen LogP contribution in [0.5, 0.6) is 0 Å². The summed E-state index contributed by atoms with van der Waals surface area (Å²) in [6.45, 7) is 11.0. The van der Waals surface area contributed by atoms with E-state index in [9.17, 15) is 4.79 Å². The molecule has 0 amide bonds. The van der Waals surface area contributed by atoms with Crippen LogP contribution in [-0.4, -0.2) is 12.6 Å². The molecule has 0 aliphatic carbocycles. The van der Waals surface area contributed by atoms with Gasteiger partial charge in [-0.05, 0) is 31.8 Å². The largest absolute Gasteiger partial charge is 0.462 e. The summed E-state index contributed by atoms with van der Waals surface area (Å²) in [5.74, 6) is -0.146. The van der Waals surface area contributed by atoms with E-state index >= 15 is 0 Å². The summed E-state index contributed by atoms with van der Waals surface area (Å²) in [6.07, 6.45) is 37.9. The monoisotopic (exact) mass is 533 g/mol. The van der Waals surface area contributed by atoms with Crippen molar-refractivity contribution in [2.24, 2.45) is 0 Å². The van der Waals surface area contributed by atoms with Gasteiger partial charge in [0.25, 0.3) is 0 Å². The maximum atomic E-state index is 12.4. The quantitative estimate of drug-likeness (QED) is 0.0398. The third-order valence-corrected chi connectivity index (χ3v) is 8.06. The van der Waals surface area contributed by atoms with E-state index in [1.807, 2.05) is 13.0 Å². The summed E-state index contributed by atoms with van der Waals surface area (Å²) in [6, 6.07) is 0. The molecule has 0 unspecified atom stereocenters. The van der Waals surface area contributed by atoms with Gasteiger partial charge in [-0.1, -0.05) is 181 Å². The lowest BCUT2D eigenvalue weighted by molar-refractivity contribution is -0.139. The van der Waals surface area contributed by atoms with E-state index in [1.165, 1.54) is 154 Å². The highest BCUT2D eigenvalue weighted by molar-refractivity contribution is 5.89. The number of hydrogen-bond donors (Lipinski definition) is 0. The number of rotatable bonds is 30. The molecule has 0 fully saturated rings. The molecule has 0 bridgehead atoms. The predicted molar refractivity (Wildman–Crippen MR) is 170 cm³/mol. The molecular formula is C36H68O2. The summed E-state index contributed by atoms with van der Waals surface area (Å²) < 4.78 is 5.55. The number of ether oxygens (including phenoxy) is 1. The molecule has 224 valence electrons. The highest BCUT2D eigenvalue weighted by atomic mass is 16.5. The second kappa shape index (κ2) is 30.5. The second-order valence-corrected chi connectivity index (χ2v) is 11.7. The van der Waals surface area contributed by atoms with Crippen molar-refractivity contribution in [3.05, 3.63) is 23.8 Å². The van der Waals surface area contributed by atoms with Crippen molar-refractivity contribution in [1.29, 1.82) is 0 Å². The first-order valence-electron chi connectivity index (χ1n) is 17.2. The third kappa shape index (κ3) is 25.2. The van der Waals surface area contributed by atoms with Crippen LogP contribution >= 0.6 is 0 Å². The lowest BCUT2D eigenvalue weighted by Gasteiger charge is -2.09. The van der Waals surface area contributed by atoms with Gasteiger partial charge in [0, 0.05) is 5.57 Å². The minimum absolute atomic E-state index is 0.146. The molecule has 0 N–H and O–H groups in total. The Kier molecular flexibility index (Phi) is 29.6. The molecule has 0 aromatic heterocycles. The summed E-state index contributed by atoms with van der Waals surface area (Å²) in [5.41, 5.74) is 1.83. The average Bonchev–Trinajstić information content (AvgIpc) is 2.93. The van der Waals surface area contributed by atoms with Gasteiger partial charge in [0.15, 0.2) is 0 Å². The van der Waals surface area contributed by atoms with Gasteiger partial charge >= 0.3 is 5.97 Å². The third-order valence-electron chi connectivity index (χ3n) is 8.06. The smallest absolute Gasteiger partial charge is 0.333 e. The minimum atomic E-state index is -0.146. The first-order chi connectivity index (χ1) is 18.7. The SMILES string of the molecule is C=CC(CCCCCCCCCCCCCCCCCC)=C(C)C(=O)OCCCCCCCCCCCC. The summed E-state index contributed by atoms with van der Waals surface area (Å²) in [4.78, 5) is 12.4. The molecule has 0 aliphatic rings. The van der Waals surface area contributed by atoms with Crippen LogP contribution < -0.4 is 0 Å². The van der Waals surface area contributed by atoms with Gasteiger partial charge in [-0.3, -0.25) is 0 Å². The van der Waals surface area contributed by atoms with Crippen LogP contribution in [0.15, 0.2) is 23.8 Å². The van der Waals surface area contributed by atoms with Crippen LogP contribution in [0, 0.1) is 0 Å². The Labute approximate surface area is 239 Å². The van der Waals surface area contributed by atoms with Gasteiger partial charge < -0.3 is 4.74 Å². The Morgan fingerprint density at radius 3 is 1.18 bits per heavy atom. The van der Waals surface area contributed by atoms with Gasteiger partial charge in [-0.25, -0.2) is 4.79 Å². The maximum absolute atomic E-state index is 12.4. The van der Waals surface area contributed by atoms with Gasteiger partial charge in [0.2, 0.25) is 0 Å². The molecule has 0 radical (unpaired) electrons. The van der Waals surface area contributed by atoms with Crippen LogP contribution in [0.2, 0.25) is 0 Å². The Morgan fingerprint density at radius 1 is 0.526 bits per heavy atom. The fourth-order valence-electron chi connectivity index (χ4n) is 5.30. The van der Waals surface area contributed by atoms with Crippen molar-refractivity contribution in [3.63, 3.8) is 0 Å². The summed E-state index contributed by atoms with van der Waals surface area (Å²) in [7, 11) is 0. The van der Waals surface area contributed by atoms with Crippen molar-refractivity contribution < 1.29 is 9.53 Å². The molecule has 38 heavy (non-hydrogen) atoms. The second-order valence-electron chi connectivity index (χ2n) is 11.7. The molecule has 2 heteroatoms. The topological polar surface area (TPSA) is 26.3 Å². The van der Waals surface area contributed by atoms with Crippen LogP contribution in [0.1, 0.15) is 194 Å². The number of hydrogen-bond acceptors (Lipinski definition) is 2. The highest BCUT2D eigenvalue weighted by Crippen LogP contribution is 2.18. The van der Waals surface area contributed by atoms with Crippen molar-refractivity contribution in [2.45, 2.75) is 194 Å². The van der Waals surface area contributed by atoms with Gasteiger partial charge in [-0.2, -0.15) is 0 Å². The molecule has 0 rings (SSSR count). The molecule has 0 saturated carbocycles. The summed E-state index contributed by atoms with van der Waals surface area (Å²) in [5, 5.41) is 0. The minimum Gasteiger partial charge on any atom is -0.462 e. The normalized spacial score (nSPS) is 12.0. The lowest BCUT2D eigenvalue weighted by Crippen LogP contribution is -2.09. The lowest BCUT2D eigenvalue weighted by atomic mass is 10.0. The first-order valence-corrected chi connectivity index (χ1v) is 17.2. The van der Waals surface area contributed by atoms with E-state index in [2.05, 4.69) is 20.4 Å². The molecule has 0 heterocycles. The molecular weight excluding hydrogens is 464 g/mol. The van der Waals surface area contributed by atoms with E-state index in [-0.39, 0.29) is 5.97 Å². The molecule has 0 atom stereocenters. The van der Waals surface area contributed by atoms with Crippen molar-refractivity contribution in [1.82, 2.24) is 0 Å². The number of unbranched alkanes of at least 4 members (excludes halogenated alkanes) is 24. The van der Waals surface area contributed by atoms with Crippen LogP contribution in [0.25, 0.3) is 0 Å². The Bertz CT molecular complexity index is 548. The fraction of sp³-hybridized carbons (Fsp3) is 0.861. The van der Waals surface area contributed by atoms with Crippen LogP contribution in [0.4, 0.5) is 0 Å². The van der Waals surface area contributed by atoms with Crippen molar-refractivity contribution in [2.75, 3.05) is 6.61 Å². The van der Waals surface area contributed by atoms with E-state index in [0.717, 1.165) is 30.4 Å². The zero-order chi connectivity index (χ0) is 27.9. The number of carbonyl (C=O) groups excluding carboxylic acids is 1. The summed E-state index contributed by atoms with van der Waals surface area (Å²) >= 11 is 0. The predicted octanol–water partition coefficient (Wildman–Crippen LogP) is 12.6.